The van der Waals surface area contributed by atoms with E-state index in [9.17, 15) is 24.6 Å². The van der Waals surface area contributed by atoms with Gasteiger partial charge in [0.15, 0.2) is 0 Å². The van der Waals surface area contributed by atoms with Crippen molar-refractivity contribution in [2.45, 2.75) is 24.9 Å². The van der Waals surface area contributed by atoms with Crippen LogP contribution in [0, 0.1) is 0 Å². The maximum atomic E-state index is 13.3. The van der Waals surface area contributed by atoms with Gasteiger partial charge >= 0.3 is 11.9 Å². The van der Waals surface area contributed by atoms with E-state index in [1.165, 1.54) is 0 Å². The molecule has 32 heavy (non-hydrogen) atoms. The van der Waals surface area contributed by atoms with E-state index in [1.807, 2.05) is 12.1 Å². The molecule has 0 saturated carbocycles. The molecule has 7 nitrogen and oxygen atoms in total. The average Bonchev–Trinajstić information content (AvgIpc) is 2.81. The molecule has 0 bridgehead atoms. The van der Waals surface area contributed by atoms with Gasteiger partial charge in [-0.05, 0) is 23.3 Å². The van der Waals surface area contributed by atoms with Gasteiger partial charge < -0.3 is 10.2 Å². The van der Waals surface area contributed by atoms with Gasteiger partial charge in [-0.15, -0.1) is 0 Å². The zero-order valence-corrected chi connectivity index (χ0v) is 17.3. The van der Waals surface area contributed by atoms with Crippen molar-refractivity contribution in [3.63, 3.8) is 0 Å². The fourth-order valence-corrected chi connectivity index (χ4v) is 3.34. The predicted molar refractivity (Wildman–Crippen MR) is 119 cm³/mol. The van der Waals surface area contributed by atoms with Gasteiger partial charge in [0.1, 0.15) is 12.1 Å². The quantitative estimate of drug-likeness (QED) is 0.425. The highest BCUT2D eigenvalue weighted by molar-refractivity contribution is 5.96. The molecule has 0 aliphatic carbocycles. The first-order chi connectivity index (χ1) is 15.5. The molecule has 164 valence electrons. The van der Waals surface area contributed by atoms with Crippen LogP contribution in [0.3, 0.4) is 0 Å². The Morgan fingerprint density at radius 1 is 0.688 bits per heavy atom. The molecular formula is C25H24N2O5. The lowest BCUT2D eigenvalue weighted by atomic mass is 10.0. The van der Waals surface area contributed by atoms with Crippen LogP contribution in [0.15, 0.2) is 91.0 Å². The van der Waals surface area contributed by atoms with Crippen LogP contribution < -0.4 is 5.43 Å². The summed E-state index contributed by atoms with van der Waals surface area (Å²) in [6, 6.07) is 23.5. The third-order valence-corrected chi connectivity index (χ3v) is 4.98. The second-order valence-corrected chi connectivity index (χ2v) is 7.29. The van der Waals surface area contributed by atoms with Crippen LogP contribution in [-0.2, 0) is 22.4 Å². The number of benzene rings is 3. The van der Waals surface area contributed by atoms with Gasteiger partial charge in [-0.3, -0.25) is 14.6 Å². The number of nitrogens with one attached hydrogen (secondary N) is 1. The van der Waals surface area contributed by atoms with Crippen molar-refractivity contribution < 1.29 is 24.6 Å². The van der Waals surface area contributed by atoms with E-state index < -0.39 is 29.9 Å². The first kappa shape index (κ1) is 22.7. The highest BCUT2D eigenvalue weighted by atomic mass is 16.4. The Balaban J connectivity index is 1.95. The molecule has 0 heterocycles. The summed E-state index contributed by atoms with van der Waals surface area (Å²) in [6.07, 6.45) is 0.0891. The minimum atomic E-state index is -1.32. The summed E-state index contributed by atoms with van der Waals surface area (Å²) < 4.78 is 0. The lowest BCUT2D eigenvalue weighted by Crippen LogP contribution is -2.59. The lowest BCUT2D eigenvalue weighted by molar-refractivity contribution is -0.147. The summed E-state index contributed by atoms with van der Waals surface area (Å²) in [5.74, 6) is -3.05. The number of carbonyl (C=O) groups is 3. The molecule has 2 atom stereocenters. The van der Waals surface area contributed by atoms with Crippen LogP contribution in [0.25, 0.3) is 0 Å². The SMILES string of the molecule is O=C(O)[C@H](Cc1ccccc1)NN(C(=O)c1ccccc1)[C@@H](Cc1ccccc1)C(=O)O. The van der Waals surface area contributed by atoms with Crippen molar-refractivity contribution in [1.82, 2.24) is 10.4 Å². The molecule has 0 fully saturated rings. The second kappa shape index (κ2) is 10.9. The molecule has 3 aromatic carbocycles. The molecule has 0 aliphatic heterocycles. The predicted octanol–water partition coefficient (Wildman–Crippen LogP) is 3.03. The lowest BCUT2D eigenvalue weighted by Gasteiger charge is -2.32. The highest BCUT2D eigenvalue weighted by Crippen LogP contribution is 2.14. The van der Waals surface area contributed by atoms with E-state index in [-0.39, 0.29) is 18.4 Å². The molecule has 1 amide bonds. The number of hydrazine groups is 1. The molecule has 7 heteroatoms. The standard InChI is InChI=1S/C25H24N2O5/c28-23(20-14-8-3-9-15-20)27(22(25(31)32)17-19-12-6-2-7-13-19)26-21(24(29)30)16-18-10-4-1-5-11-18/h1-15,21-22,26H,16-17H2,(H,29,30)(H,31,32)/t21-,22-/m0/s1. The summed E-state index contributed by atoms with van der Waals surface area (Å²) in [5.41, 5.74) is 4.41. The summed E-state index contributed by atoms with van der Waals surface area (Å²) in [6.45, 7) is 0. The van der Waals surface area contributed by atoms with E-state index in [0.717, 1.165) is 10.6 Å². The van der Waals surface area contributed by atoms with E-state index in [0.29, 0.717) is 5.56 Å². The van der Waals surface area contributed by atoms with E-state index in [1.54, 1.807) is 78.9 Å². The number of rotatable bonds is 10. The Bertz CT molecular complexity index is 1040. The smallest absolute Gasteiger partial charge is 0.328 e. The summed E-state index contributed by atoms with van der Waals surface area (Å²) >= 11 is 0. The van der Waals surface area contributed by atoms with Gasteiger partial charge in [0, 0.05) is 18.4 Å². The van der Waals surface area contributed by atoms with E-state index in [4.69, 9.17) is 0 Å². The zero-order valence-electron chi connectivity index (χ0n) is 17.3. The summed E-state index contributed by atoms with van der Waals surface area (Å²) in [4.78, 5) is 37.5. The minimum Gasteiger partial charge on any atom is -0.480 e. The first-order valence-corrected chi connectivity index (χ1v) is 10.1. The van der Waals surface area contributed by atoms with Gasteiger partial charge in [-0.1, -0.05) is 78.9 Å². The molecule has 0 spiro atoms. The van der Waals surface area contributed by atoms with Crippen molar-refractivity contribution in [1.29, 1.82) is 0 Å². The fraction of sp³-hybridized carbons (Fsp3) is 0.160. The van der Waals surface area contributed by atoms with Gasteiger partial charge in [-0.2, -0.15) is 0 Å². The average molecular weight is 432 g/mol. The number of carboxylic acid groups (broad SMARTS) is 2. The molecule has 0 aliphatic rings. The van der Waals surface area contributed by atoms with Crippen LogP contribution in [0.2, 0.25) is 0 Å². The third-order valence-electron chi connectivity index (χ3n) is 4.98. The van der Waals surface area contributed by atoms with Gasteiger partial charge in [-0.25, -0.2) is 10.2 Å². The Morgan fingerprint density at radius 2 is 1.16 bits per heavy atom. The molecule has 0 radical (unpaired) electrons. The largest absolute Gasteiger partial charge is 0.480 e. The normalized spacial score (nSPS) is 12.5. The topological polar surface area (TPSA) is 107 Å². The van der Waals surface area contributed by atoms with Crippen LogP contribution >= 0.6 is 0 Å². The van der Waals surface area contributed by atoms with Gasteiger partial charge in [0.05, 0.1) is 0 Å². The summed E-state index contributed by atoms with van der Waals surface area (Å²) in [7, 11) is 0. The second-order valence-electron chi connectivity index (χ2n) is 7.29. The third kappa shape index (κ3) is 6.02. The Hall–Kier alpha value is -3.97. The highest BCUT2D eigenvalue weighted by Gasteiger charge is 2.34. The number of hydrogen-bond acceptors (Lipinski definition) is 4. The van der Waals surface area contributed by atoms with Crippen molar-refractivity contribution in [2.24, 2.45) is 0 Å². The van der Waals surface area contributed by atoms with Crippen LogP contribution in [0.4, 0.5) is 0 Å². The van der Waals surface area contributed by atoms with Crippen molar-refractivity contribution in [3.8, 4) is 0 Å². The van der Waals surface area contributed by atoms with Gasteiger partial charge in [0.25, 0.3) is 5.91 Å². The van der Waals surface area contributed by atoms with Gasteiger partial charge in [0.2, 0.25) is 0 Å². The number of aliphatic carboxylic acids is 2. The van der Waals surface area contributed by atoms with Crippen molar-refractivity contribution >= 4 is 17.8 Å². The molecular weight excluding hydrogens is 408 g/mol. The Morgan fingerprint density at radius 3 is 1.62 bits per heavy atom. The zero-order chi connectivity index (χ0) is 22.9. The number of carbonyl (C=O) groups excluding carboxylic acids is 1. The van der Waals surface area contributed by atoms with Crippen molar-refractivity contribution in [2.75, 3.05) is 0 Å². The van der Waals surface area contributed by atoms with E-state index >= 15 is 0 Å². The van der Waals surface area contributed by atoms with E-state index in [2.05, 4.69) is 5.43 Å². The molecule has 3 rings (SSSR count). The Kier molecular flexibility index (Phi) is 7.72. The maximum absolute atomic E-state index is 13.3. The fourth-order valence-electron chi connectivity index (χ4n) is 3.34. The Labute approximate surface area is 185 Å². The van der Waals surface area contributed by atoms with Crippen LogP contribution in [0.5, 0.6) is 0 Å². The van der Waals surface area contributed by atoms with Crippen LogP contribution in [-0.4, -0.2) is 45.2 Å². The first-order valence-electron chi connectivity index (χ1n) is 10.1. The summed E-state index contributed by atoms with van der Waals surface area (Å²) in [5, 5.41) is 20.7. The molecule has 0 aromatic heterocycles. The monoisotopic (exact) mass is 432 g/mol. The number of nitrogens with zero attached hydrogens (tertiary/aromatic N) is 1. The molecule has 0 saturated heterocycles. The number of carboxylic acids is 2. The number of hydrogen-bond donors (Lipinski definition) is 3. The maximum Gasteiger partial charge on any atom is 0.328 e. The molecule has 3 aromatic rings. The number of amides is 1. The van der Waals surface area contributed by atoms with Crippen LogP contribution in [0.1, 0.15) is 21.5 Å². The van der Waals surface area contributed by atoms with Crippen molar-refractivity contribution in [3.05, 3.63) is 108 Å². The molecule has 0 unspecified atom stereocenters. The minimum absolute atomic E-state index is 0.0133. The molecule has 3 N–H and O–H groups in total.